The SMILES string of the molecule is O=C(NCC(=O)N1CCC(C(=O)O)(c2ccccc2)CC1)c1cccs1. The Balaban J connectivity index is 1.59. The van der Waals surface area contributed by atoms with Crippen molar-refractivity contribution in [3.63, 3.8) is 0 Å². The van der Waals surface area contributed by atoms with Gasteiger partial charge in [0.15, 0.2) is 0 Å². The molecule has 0 spiro atoms. The molecule has 1 aromatic heterocycles. The van der Waals surface area contributed by atoms with Crippen LogP contribution < -0.4 is 5.32 Å². The second-order valence-corrected chi connectivity index (χ2v) is 7.24. The number of carboxylic acids is 1. The van der Waals surface area contributed by atoms with Crippen molar-refractivity contribution in [3.05, 3.63) is 58.3 Å². The smallest absolute Gasteiger partial charge is 0.314 e. The van der Waals surface area contributed by atoms with Gasteiger partial charge in [0.05, 0.1) is 16.8 Å². The van der Waals surface area contributed by atoms with Crippen molar-refractivity contribution in [2.24, 2.45) is 0 Å². The molecule has 0 saturated carbocycles. The van der Waals surface area contributed by atoms with Crippen LogP contribution in [0.3, 0.4) is 0 Å². The van der Waals surface area contributed by atoms with Gasteiger partial charge in [-0.05, 0) is 29.9 Å². The van der Waals surface area contributed by atoms with Crippen LogP contribution in [0.5, 0.6) is 0 Å². The first-order valence-electron chi connectivity index (χ1n) is 8.41. The molecule has 2 amide bonds. The van der Waals surface area contributed by atoms with E-state index in [0.717, 1.165) is 5.56 Å². The van der Waals surface area contributed by atoms with Crippen LogP contribution >= 0.6 is 11.3 Å². The fourth-order valence-corrected chi connectivity index (χ4v) is 3.92. The highest BCUT2D eigenvalue weighted by Crippen LogP contribution is 2.35. The fraction of sp³-hybridized carbons (Fsp3) is 0.316. The first-order chi connectivity index (χ1) is 12.5. The largest absolute Gasteiger partial charge is 0.481 e. The van der Waals surface area contributed by atoms with Crippen LogP contribution in [0.1, 0.15) is 28.1 Å². The molecule has 6 nitrogen and oxygen atoms in total. The molecule has 2 N–H and O–H groups in total. The monoisotopic (exact) mass is 372 g/mol. The molecule has 7 heteroatoms. The van der Waals surface area contributed by atoms with Crippen LogP contribution in [-0.2, 0) is 15.0 Å². The summed E-state index contributed by atoms with van der Waals surface area (Å²) in [5, 5.41) is 14.2. The number of carboxylic acid groups (broad SMARTS) is 1. The number of thiophene rings is 1. The van der Waals surface area contributed by atoms with Gasteiger partial charge >= 0.3 is 5.97 Å². The van der Waals surface area contributed by atoms with Gasteiger partial charge in [0.25, 0.3) is 5.91 Å². The number of carbonyl (C=O) groups is 3. The van der Waals surface area contributed by atoms with Gasteiger partial charge in [0.2, 0.25) is 5.91 Å². The number of aliphatic carboxylic acids is 1. The Kier molecular flexibility index (Phi) is 5.37. The number of nitrogens with one attached hydrogen (secondary N) is 1. The van der Waals surface area contributed by atoms with E-state index in [0.29, 0.717) is 30.8 Å². The molecular formula is C19H20N2O4S. The third-order valence-electron chi connectivity index (χ3n) is 4.85. The quantitative estimate of drug-likeness (QED) is 0.842. The van der Waals surface area contributed by atoms with E-state index in [-0.39, 0.29) is 18.4 Å². The summed E-state index contributed by atoms with van der Waals surface area (Å²) in [6.07, 6.45) is 0.716. The number of hydrogen-bond acceptors (Lipinski definition) is 4. The van der Waals surface area contributed by atoms with Crippen molar-refractivity contribution in [3.8, 4) is 0 Å². The van der Waals surface area contributed by atoms with Gasteiger partial charge in [-0.25, -0.2) is 0 Å². The summed E-state index contributed by atoms with van der Waals surface area (Å²) in [5.41, 5.74) is -0.191. The first kappa shape index (κ1) is 18.1. The lowest BCUT2D eigenvalue weighted by atomic mass is 9.73. The molecule has 0 bridgehead atoms. The van der Waals surface area contributed by atoms with Crippen molar-refractivity contribution >= 4 is 29.1 Å². The van der Waals surface area contributed by atoms with Crippen LogP contribution in [0.25, 0.3) is 0 Å². The van der Waals surface area contributed by atoms with Crippen LogP contribution in [0.2, 0.25) is 0 Å². The first-order valence-corrected chi connectivity index (χ1v) is 9.29. The minimum atomic E-state index is -0.960. The number of rotatable bonds is 5. The lowest BCUT2D eigenvalue weighted by Crippen LogP contribution is -2.51. The molecule has 1 aliphatic rings. The molecule has 1 aliphatic heterocycles. The zero-order valence-corrected chi connectivity index (χ0v) is 15.0. The standard InChI is InChI=1S/C19H20N2O4S/c22-16(13-20-17(23)15-7-4-12-26-15)21-10-8-19(9-11-21,18(24)25)14-5-2-1-3-6-14/h1-7,12H,8-11,13H2,(H,20,23)(H,24,25). The maximum atomic E-state index is 12.4. The molecule has 0 radical (unpaired) electrons. The molecule has 1 aromatic carbocycles. The Hall–Kier alpha value is -2.67. The zero-order valence-electron chi connectivity index (χ0n) is 14.2. The Bertz CT molecular complexity index is 781. The molecular weight excluding hydrogens is 352 g/mol. The molecule has 26 heavy (non-hydrogen) atoms. The lowest BCUT2D eigenvalue weighted by Gasteiger charge is -2.39. The normalized spacial score (nSPS) is 16.1. The van der Waals surface area contributed by atoms with Gasteiger partial charge in [-0.15, -0.1) is 11.3 Å². The van der Waals surface area contributed by atoms with Crippen molar-refractivity contribution in [1.82, 2.24) is 10.2 Å². The molecule has 1 fully saturated rings. The van der Waals surface area contributed by atoms with Gasteiger partial charge < -0.3 is 15.3 Å². The molecule has 0 aliphatic carbocycles. The number of nitrogens with zero attached hydrogens (tertiary/aromatic N) is 1. The number of benzene rings is 1. The van der Waals surface area contributed by atoms with Crippen LogP contribution in [0, 0.1) is 0 Å². The lowest BCUT2D eigenvalue weighted by molar-refractivity contribution is -0.148. The summed E-state index contributed by atoms with van der Waals surface area (Å²) in [4.78, 5) is 38.4. The Morgan fingerprint density at radius 1 is 1.08 bits per heavy atom. The van der Waals surface area contributed by atoms with Gasteiger partial charge in [0, 0.05) is 13.1 Å². The predicted molar refractivity (Wildman–Crippen MR) is 98.2 cm³/mol. The highest BCUT2D eigenvalue weighted by atomic mass is 32.1. The van der Waals surface area contributed by atoms with Crippen molar-refractivity contribution in [2.75, 3.05) is 19.6 Å². The van der Waals surface area contributed by atoms with Crippen molar-refractivity contribution in [1.29, 1.82) is 0 Å². The molecule has 136 valence electrons. The highest BCUT2D eigenvalue weighted by molar-refractivity contribution is 7.12. The predicted octanol–water partition coefficient (Wildman–Crippen LogP) is 2.12. The molecule has 3 rings (SSSR count). The average molecular weight is 372 g/mol. The topological polar surface area (TPSA) is 86.7 Å². The number of amides is 2. The fourth-order valence-electron chi connectivity index (χ4n) is 3.28. The van der Waals surface area contributed by atoms with E-state index >= 15 is 0 Å². The molecule has 0 unspecified atom stereocenters. The minimum absolute atomic E-state index is 0.0812. The second kappa shape index (κ2) is 7.70. The number of likely N-dealkylation sites (tertiary alicyclic amines) is 1. The second-order valence-electron chi connectivity index (χ2n) is 6.29. The van der Waals surface area contributed by atoms with E-state index in [1.165, 1.54) is 11.3 Å². The average Bonchev–Trinajstić information content (AvgIpc) is 3.21. The zero-order chi connectivity index (χ0) is 18.6. The highest BCUT2D eigenvalue weighted by Gasteiger charge is 2.43. The Labute approximate surface area is 155 Å². The van der Waals surface area contributed by atoms with Crippen molar-refractivity contribution in [2.45, 2.75) is 18.3 Å². The Morgan fingerprint density at radius 3 is 2.35 bits per heavy atom. The van der Waals surface area contributed by atoms with Crippen molar-refractivity contribution < 1.29 is 19.5 Å². The summed E-state index contributed by atoms with van der Waals surface area (Å²) in [7, 11) is 0. The third kappa shape index (κ3) is 3.62. The van der Waals surface area contributed by atoms with E-state index in [9.17, 15) is 19.5 Å². The molecule has 0 atom stereocenters. The van der Waals surface area contributed by atoms with E-state index in [2.05, 4.69) is 5.32 Å². The van der Waals surface area contributed by atoms with Crippen LogP contribution in [0.4, 0.5) is 0 Å². The van der Waals surface area contributed by atoms with Gasteiger partial charge in [0.1, 0.15) is 0 Å². The summed E-state index contributed by atoms with van der Waals surface area (Å²) >= 11 is 1.32. The molecule has 1 saturated heterocycles. The van der Waals surface area contributed by atoms with E-state index < -0.39 is 11.4 Å². The van der Waals surface area contributed by atoms with Gasteiger partial charge in [-0.3, -0.25) is 14.4 Å². The summed E-state index contributed by atoms with van der Waals surface area (Å²) < 4.78 is 0. The maximum Gasteiger partial charge on any atom is 0.314 e. The van der Waals surface area contributed by atoms with Gasteiger partial charge in [-0.1, -0.05) is 36.4 Å². The third-order valence-corrected chi connectivity index (χ3v) is 5.72. The van der Waals surface area contributed by atoms with E-state index in [1.807, 2.05) is 30.3 Å². The number of carbonyl (C=O) groups excluding carboxylic acids is 2. The number of hydrogen-bond donors (Lipinski definition) is 2. The molecule has 2 aromatic rings. The summed E-state index contributed by atoms with van der Waals surface area (Å²) in [6, 6.07) is 12.6. The Morgan fingerprint density at radius 2 is 1.77 bits per heavy atom. The van der Waals surface area contributed by atoms with Crippen LogP contribution in [0.15, 0.2) is 47.8 Å². The minimum Gasteiger partial charge on any atom is -0.481 e. The van der Waals surface area contributed by atoms with E-state index in [1.54, 1.807) is 22.4 Å². The van der Waals surface area contributed by atoms with Gasteiger partial charge in [-0.2, -0.15) is 0 Å². The van der Waals surface area contributed by atoms with Crippen LogP contribution in [-0.4, -0.2) is 47.4 Å². The number of piperidine rings is 1. The van der Waals surface area contributed by atoms with E-state index in [4.69, 9.17) is 0 Å². The maximum absolute atomic E-state index is 12.4. The summed E-state index contributed by atoms with van der Waals surface area (Å²) in [6.45, 7) is 0.631. The molecule has 2 heterocycles. The summed E-state index contributed by atoms with van der Waals surface area (Å²) in [5.74, 6) is -1.32.